The lowest BCUT2D eigenvalue weighted by atomic mass is 9.66. The van der Waals surface area contributed by atoms with E-state index in [1.807, 2.05) is 6.92 Å². The van der Waals surface area contributed by atoms with Crippen LogP contribution < -0.4 is 11.5 Å². The fourth-order valence-electron chi connectivity index (χ4n) is 1.03. The van der Waals surface area contributed by atoms with E-state index < -0.39 is 0 Å². The summed E-state index contributed by atoms with van der Waals surface area (Å²) in [5.74, 6) is -0.280. The maximum atomic E-state index is 10.8. The number of carbonyl (C=O) groups excluding carboxylic acids is 1. The maximum absolute atomic E-state index is 10.8. The third kappa shape index (κ3) is 2.48. The zero-order valence-corrected chi connectivity index (χ0v) is 8.48. The second-order valence-electron chi connectivity index (χ2n) is 4.66. The highest BCUT2D eigenvalue weighted by molar-refractivity contribution is 5.74. The zero-order chi connectivity index (χ0) is 9.99. The van der Waals surface area contributed by atoms with Crippen LogP contribution in [0.15, 0.2) is 0 Å². The minimum atomic E-state index is -0.280. The van der Waals surface area contributed by atoms with Crippen molar-refractivity contribution in [3.8, 4) is 0 Å². The van der Waals surface area contributed by atoms with Gasteiger partial charge in [-0.3, -0.25) is 4.79 Å². The number of hydrogen-bond acceptors (Lipinski definition) is 2. The van der Waals surface area contributed by atoms with Crippen LogP contribution in [0.3, 0.4) is 0 Å². The zero-order valence-electron chi connectivity index (χ0n) is 8.48. The number of carbonyl (C=O) groups is 1. The molecule has 0 heterocycles. The van der Waals surface area contributed by atoms with E-state index in [1.54, 1.807) is 0 Å². The number of rotatable bonds is 3. The number of amides is 1. The van der Waals surface area contributed by atoms with Crippen molar-refractivity contribution in [3.05, 3.63) is 0 Å². The Morgan fingerprint density at radius 2 is 1.67 bits per heavy atom. The lowest BCUT2D eigenvalue weighted by molar-refractivity contribution is -0.121. The molecule has 0 spiro atoms. The fourth-order valence-corrected chi connectivity index (χ4v) is 1.03. The molecule has 0 aromatic heterocycles. The monoisotopic (exact) mass is 172 g/mol. The third-order valence-corrected chi connectivity index (χ3v) is 2.83. The van der Waals surface area contributed by atoms with E-state index >= 15 is 0 Å². The molecular weight excluding hydrogens is 152 g/mol. The van der Waals surface area contributed by atoms with Gasteiger partial charge in [0.05, 0.1) is 0 Å². The van der Waals surface area contributed by atoms with Gasteiger partial charge in [-0.15, -0.1) is 0 Å². The van der Waals surface area contributed by atoms with Gasteiger partial charge in [0.1, 0.15) is 0 Å². The largest absolute Gasteiger partial charge is 0.370 e. The van der Waals surface area contributed by atoms with Crippen molar-refractivity contribution < 1.29 is 4.79 Å². The molecule has 0 radical (unpaired) electrons. The Morgan fingerprint density at radius 1 is 1.25 bits per heavy atom. The van der Waals surface area contributed by atoms with Crippen molar-refractivity contribution in [2.75, 3.05) is 6.54 Å². The summed E-state index contributed by atoms with van der Waals surface area (Å²) in [4.78, 5) is 10.8. The Hall–Kier alpha value is -0.570. The molecule has 0 saturated heterocycles. The van der Waals surface area contributed by atoms with Crippen molar-refractivity contribution in [2.45, 2.75) is 34.1 Å². The normalized spacial score (nSPS) is 17.1. The van der Waals surface area contributed by atoms with E-state index in [0.29, 0.717) is 13.0 Å². The minimum absolute atomic E-state index is 0.0107. The molecule has 1 unspecified atom stereocenters. The average Bonchev–Trinajstić information content (AvgIpc) is 1.83. The molecule has 12 heavy (non-hydrogen) atoms. The predicted octanol–water partition coefficient (Wildman–Crippen LogP) is 0.873. The van der Waals surface area contributed by atoms with E-state index in [1.165, 1.54) is 0 Å². The second-order valence-corrected chi connectivity index (χ2v) is 4.66. The molecule has 3 heteroatoms. The van der Waals surface area contributed by atoms with Gasteiger partial charge in [0.15, 0.2) is 0 Å². The summed E-state index contributed by atoms with van der Waals surface area (Å²) in [6.45, 7) is 8.70. The van der Waals surface area contributed by atoms with Crippen LogP contribution in [0.2, 0.25) is 0 Å². The molecule has 0 aliphatic heterocycles. The van der Waals surface area contributed by atoms with E-state index in [9.17, 15) is 4.79 Å². The molecule has 0 aliphatic carbocycles. The summed E-state index contributed by atoms with van der Waals surface area (Å²) in [6.07, 6.45) is 0.354. The molecule has 0 aromatic carbocycles. The highest BCUT2D eigenvalue weighted by Crippen LogP contribution is 2.39. The molecule has 0 aromatic rings. The van der Waals surface area contributed by atoms with Gasteiger partial charge in [-0.25, -0.2) is 0 Å². The number of hydrogen-bond donors (Lipinski definition) is 2. The highest BCUT2D eigenvalue weighted by atomic mass is 16.1. The van der Waals surface area contributed by atoms with E-state index in [4.69, 9.17) is 11.5 Å². The Labute approximate surface area is 74.5 Å². The van der Waals surface area contributed by atoms with Gasteiger partial charge in [-0.05, 0) is 17.4 Å². The Balaban J connectivity index is 4.56. The van der Waals surface area contributed by atoms with Gasteiger partial charge in [-0.1, -0.05) is 27.7 Å². The van der Waals surface area contributed by atoms with Crippen LogP contribution in [0, 0.1) is 10.8 Å². The van der Waals surface area contributed by atoms with Crippen molar-refractivity contribution in [1.29, 1.82) is 0 Å². The quantitative estimate of drug-likeness (QED) is 0.663. The topological polar surface area (TPSA) is 69.1 Å². The summed E-state index contributed by atoms with van der Waals surface area (Å²) < 4.78 is 0. The van der Waals surface area contributed by atoms with Gasteiger partial charge >= 0.3 is 0 Å². The van der Waals surface area contributed by atoms with Crippen molar-refractivity contribution in [1.82, 2.24) is 0 Å². The molecular formula is C9H20N2O. The predicted molar refractivity (Wildman–Crippen MR) is 50.4 cm³/mol. The Morgan fingerprint density at radius 3 is 1.75 bits per heavy atom. The molecule has 0 rings (SSSR count). The number of primary amides is 1. The van der Waals surface area contributed by atoms with Crippen LogP contribution in [-0.4, -0.2) is 12.5 Å². The van der Waals surface area contributed by atoms with Crippen molar-refractivity contribution in [2.24, 2.45) is 22.3 Å². The lowest BCUT2D eigenvalue weighted by Gasteiger charge is -2.40. The molecule has 0 aliphatic rings. The summed E-state index contributed by atoms with van der Waals surface area (Å²) >= 11 is 0. The van der Waals surface area contributed by atoms with Gasteiger partial charge in [0, 0.05) is 6.42 Å². The molecule has 0 saturated carbocycles. The third-order valence-electron chi connectivity index (χ3n) is 2.83. The first kappa shape index (κ1) is 11.4. The summed E-state index contributed by atoms with van der Waals surface area (Å²) in [7, 11) is 0. The SMILES string of the molecule is CC(C)(C)C(C)(CN)CC(N)=O. The van der Waals surface area contributed by atoms with Gasteiger partial charge < -0.3 is 11.5 Å². The van der Waals surface area contributed by atoms with Crippen LogP contribution in [0.25, 0.3) is 0 Å². The van der Waals surface area contributed by atoms with Gasteiger partial charge in [-0.2, -0.15) is 0 Å². The fraction of sp³-hybridized carbons (Fsp3) is 0.889. The van der Waals surface area contributed by atoms with E-state index in [-0.39, 0.29) is 16.7 Å². The molecule has 1 amide bonds. The molecule has 4 N–H and O–H groups in total. The molecule has 0 fully saturated rings. The minimum Gasteiger partial charge on any atom is -0.370 e. The first-order valence-corrected chi connectivity index (χ1v) is 4.21. The lowest BCUT2D eigenvalue weighted by Crippen LogP contribution is -2.42. The maximum Gasteiger partial charge on any atom is 0.218 e. The summed E-state index contributed by atoms with van der Waals surface area (Å²) in [6, 6.07) is 0. The molecule has 1 atom stereocenters. The van der Waals surface area contributed by atoms with Crippen LogP contribution in [-0.2, 0) is 4.79 Å². The number of nitrogens with two attached hydrogens (primary N) is 2. The molecule has 0 bridgehead atoms. The molecule has 3 nitrogen and oxygen atoms in total. The van der Waals surface area contributed by atoms with E-state index in [0.717, 1.165) is 0 Å². The van der Waals surface area contributed by atoms with Crippen LogP contribution in [0.1, 0.15) is 34.1 Å². The average molecular weight is 172 g/mol. The van der Waals surface area contributed by atoms with Crippen LogP contribution in [0.5, 0.6) is 0 Å². The van der Waals surface area contributed by atoms with Gasteiger partial charge in [0.2, 0.25) is 5.91 Å². The summed E-state index contributed by atoms with van der Waals surface area (Å²) in [5.41, 5.74) is 10.6. The van der Waals surface area contributed by atoms with Crippen molar-refractivity contribution >= 4 is 5.91 Å². The standard InChI is InChI=1S/C9H20N2O/c1-8(2,3)9(4,6-10)5-7(11)12/h5-6,10H2,1-4H3,(H2,11,12). The molecule has 72 valence electrons. The van der Waals surface area contributed by atoms with E-state index in [2.05, 4.69) is 20.8 Å². The Kier molecular flexibility index (Phi) is 3.27. The smallest absolute Gasteiger partial charge is 0.218 e. The Bertz CT molecular complexity index is 172. The van der Waals surface area contributed by atoms with Crippen LogP contribution in [0.4, 0.5) is 0 Å². The van der Waals surface area contributed by atoms with Crippen LogP contribution >= 0.6 is 0 Å². The first-order valence-electron chi connectivity index (χ1n) is 4.21. The first-order chi connectivity index (χ1) is 5.23. The highest BCUT2D eigenvalue weighted by Gasteiger charge is 2.37. The summed E-state index contributed by atoms with van der Waals surface area (Å²) in [5, 5.41) is 0. The van der Waals surface area contributed by atoms with Crippen molar-refractivity contribution in [3.63, 3.8) is 0 Å². The second kappa shape index (κ2) is 3.44. The van der Waals surface area contributed by atoms with Gasteiger partial charge in [0.25, 0.3) is 0 Å².